The van der Waals surface area contributed by atoms with Crippen LogP contribution < -0.4 is 4.74 Å². The van der Waals surface area contributed by atoms with Crippen molar-refractivity contribution < 1.29 is 13.2 Å². The number of hydrogen-bond acceptors (Lipinski definition) is 3. The van der Waals surface area contributed by atoms with Gasteiger partial charge in [0.15, 0.2) is 0 Å². The van der Waals surface area contributed by atoms with E-state index in [2.05, 4.69) is 13.8 Å². The summed E-state index contributed by atoms with van der Waals surface area (Å²) in [6.45, 7) is 5.80. The van der Waals surface area contributed by atoms with Crippen molar-refractivity contribution in [2.45, 2.75) is 25.2 Å². The molecule has 1 heterocycles. The lowest BCUT2D eigenvalue weighted by Gasteiger charge is -2.34. The fraction of sp³-hybridized carbons (Fsp3) is 0.600. The average Bonchev–Trinajstić information content (AvgIpc) is 2.44. The maximum absolute atomic E-state index is 12.7. The molecule has 2 atom stereocenters. The van der Waals surface area contributed by atoms with Crippen molar-refractivity contribution in [3.8, 4) is 5.75 Å². The zero-order valence-electron chi connectivity index (χ0n) is 12.5. The number of alkyl halides is 1. The van der Waals surface area contributed by atoms with Gasteiger partial charge in [0.1, 0.15) is 12.4 Å². The van der Waals surface area contributed by atoms with Crippen molar-refractivity contribution in [2.24, 2.45) is 11.8 Å². The molecule has 1 aromatic rings. The normalized spacial score (nSPS) is 24.0. The molecule has 1 fully saturated rings. The third-order valence-corrected chi connectivity index (χ3v) is 5.64. The van der Waals surface area contributed by atoms with Crippen LogP contribution in [0.15, 0.2) is 29.2 Å². The first kappa shape index (κ1) is 16.6. The van der Waals surface area contributed by atoms with Gasteiger partial charge in [-0.3, -0.25) is 0 Å². The van der Waals surface area contributed by atoms with Gasteiger partial charge in [-0.1, -0.05) is 13.8 Å². The number of ether oxygens (including phenoxy) is 1. The summed E-state index contributed by atoms with van der Waals surface area (Å²) < 4.78 is 32.3. The Hall–Kier alpha value is -0.780. The molecule has 0 amide bonds. The van der Waals surface area contributed by atoms with Gasteiger partial charge in [-0.25, -0.2) is 8.42 Å². The van der Waals surface area contributed by atoms with Crippen molar-refractivity contribution in [3.05, 3.63) is 24.3 Å². The summed E-state index contributed by atoms with van der Waals surface area (Å²) in [6, 6.07) is 6.55. The molecule has 4 nitrogen and oxygen atoms in total. The summed E-state index contributed by atoms with van der Waals surface area (Å²) in [5.41, 5.74) is 0. The number of halogens is 1. The molecule has 0 spiro atoms. The predicted molar refractivity (Wildman–Crippen MR) is 84.4 cm³/mol. The minimum atomic E-state index is -3.41. The van der Waals surface area contributed by atoms with Crippen LogP contribution in [0, 0.1) is 11.8 Å². The van der Waals surface area contributed by atoms with E-state index in [4.69, 9.17) is 16.3 Å². The lowest BCUT2D eigenvalue weighted by molar-refractivity contribution is 0.222. The summed E-state index contributed by atoms with van der Waals surface area (Å²) >= 11 is 5.56. The van der Waals surface area contributed by atoms with E-state index in [1.807, 2.05) is 0 Å². The van der Waals surface area contributed by atoms with Crippen LogP contribution in [0.25, 0.3) is 0 Å². The number of sulfonamides is 1. The second-order valence-corrected chi connectivity index (χ2v) is 8.09. The van der Waals surface area contributed by atoms with Crippen molar-refractivity contribution in [1.29, 1.82) is 0 Å². The number of benzene rings is 1. The Balaban J connectivity index is 2.15. The van der Waals surface area contributed by atoms with Gasteiger partial charge < -0.3 is 4.74 Å². The number of hydrogen-bond donors (Lipinski definition) is 0. The van der Waals surface area contributed by atoms with E-state index in [0.717, 1.165) is 6.42 Å². The lowest BCUT2D eigenvalue weighted by Crippen LogP contribution is -2.42. The first-order chi connectivity index (χ1) is 9.93. The first-order valence-corrected chi connectivity index (χ1v) is 9.20. The van der Waals surface area contributed by atoms with Gasteiger partial charge in [0, 0.05) is 13.1 Å². The topological polar surface area (TPSA) is 46.6 Å². The van der Waals surface area contributed by atoms with Gasteiger partial charge in [-0.05, 0) is 42.5 Å². The molecular formula is C15H22ClNO3S. The lowest BCUT2D eigenvalue weighted by atomic mass is 9.94. The Morgan fingerprint density at radius 3 is 2.29 bits per heavy atom. The van der Waals surface area contributed by atoms with E-state index in [1.54, 1.807) is 28.6 Å². The van der Waals surface area contributed by atoms with Crippen molar-refractivity contribution >= 4 is 21.6 Å². The molecule has 0 aromatic heterocycles. The smallest absolute Gasteiger partial charge is 0.243 e. The van der Waals surface area contributed by atoms with Crippen LogP contribution in [0.1, 0.15) is 20.3 Å². The fourth-order valence-electron chi connectivity index (χ4n) is 2.82. The predicted octanol–water partition coefficient (Wildman–Crippen LogP) is 2.97. The Labute approximate surface area is 132 Å². The van der Waals surface area contributed by atoms with E-state index in [-0.39, 0.29) is 0 Å². The fourth-order valence-corrected chi connectivity index (χ4v) is 4.57. The average molecular weight is 332 g/mol. The molecule has 0 aliphatic carbocycles. The zero-order valence-corrected chi connectivity index (χ0v) is 14.0. The molecule has 1 aliphatic heterocycles. The molecule has 0 N–H and O–H groups in total. The maximum atomic E-state index is 12.7. The molecule has 118 valence electrons. The quantitative estimate of drug-likeness (QED) is 0.779. The van der Waals surface area contributed by atoms with E-state index in [0.29, 0.717) is 48.1 Å². The third kappa shape index (κ3) is 4.11. The second-order valence-electron chi connectivity index (χ2n) is 5.78. The van der Waals surface area contributed by atoms with Crippen LogP contribution >= 0.6 is 11.6 Å². The molecule has 2 unspecified atom stereocenters. The van der Waals surface area contributed by atoms with Gasteiger partial charge >= 0.3 is 0 Å². The Bertz CT molecular complexity index is 549. The van der Waals surface area contributed by atoms with Crippen LogP contribution in [0.5, 0.6) is 5.75 Å². The number of rotatable bonds is 5. The van der Waals surface area contributed by atoms with Gasteiger partial charge in [0.2, 0.25) is 10.0 Å². The largest absolute Gasteiger partial charge is 0.492 e. The summed E-state index contributed by atoms with van der Waals surface area (Å²) in [5, 5.41) is 0. The van der Waals surface area contributed by atoms with Crippen LogP contribution in [0.4, 0.5) is 0 Å². The van der Waals surface area contributed by atoms with Crippen LogP contribution in [0.2, 0.25) is 0 Å². The molecule has 6 heteroatoms. The molecule has 0 radical (unpaired) electrons. The number of piperidine rings is 1. The summed E-state index contributed by atoms with van der Waals surface area (Å²) in [7, 11) is -3.41. The SMILES string of the molecule is CC1CC(C)CN(S(=O)(=O)c2ccc(OCCCl)cc2)C1. The molecule has 0 bridgehead atoms. The second kappa shape index (κ2) is 6.99. The zero-order chi connectivity index (χ0) is 15.5. The standard InChI is InChI=1S/C15H22ClNO3S/c1-12-9-13(2)11-17(10-12)21(18,19)15-5-3-14(4-6-15)20-8-7-16/h3-6,12-13H,7-11H2,1-2H3. The van der Waals surface area contributed by atoms with E-state index in [9.17, 15) is 8.42 Å². The highest BCUT2D eigenvalue weighted by atomic mass is 35.5. The van der Waals surface area contributed by atoms with Crippen LogP contribution in [-0.4, -0.2) is 38.3 Å². The summed E-state index contributed by atoms with van der Waals surface area (Å²) in [5.74, 6) is 1.84. The molecule has 2 rings (SSSR count). The van der Waals surface area contributed by atoms with Gasteiger partial charge in [0.05, 0.1) is 10.8 Å². The van der Waals surface area contributed by atoms with E-state index in [1.165, 1.54) is 0 Å². The Kier molecular flexibility index (Phi) is 5.52. The third-order valence-electron chi connectivity index (χ3n) is 3.64. The van der Waals surface area contributed by atoms with Crippen molar-refractivity contribution in [3.63, 3.8) is 0 Å². The maximum Gasteiger partial charge on any atom is 0.243 e. The monoisotopic (exact) mass is 331 g/mol. The molecular weight excluding hydrogens is 310 g/mol. The Morgan fingerprint density at radius 1 is 1.19 bits per heavy atom. The molecule has 1 saturated heterocycles. The van der Waals surface area contributed by atoms with Gasteiger partial charge in [-0.15, -0.1) is 11.6 Å². The summed E-state index contributed by atoms with van der Waals surface area (Å²) in [4.78, 5) is 0.321. The Morgan fingerprint density at radius 2 is 1.76 bits per heavy atom. The minimum absolute atomic E-state index is 0.321. The molecule has 1 aliphatic rings. The van der Waals surface area contributed by atoms with E-state index < -0.39 is 10.0 Å². The minimum Gasteiger partial charge on any atom is -0.492 e. The van der Waals surface area contributed by atoms with Gasteiger partial charge in [0.25, 0.3) is 0 Å². The first-order valence-electron chi connectivity index (χ1n) is 7.22. The van der Waals surface area contributed by atoms with Crippen molar-refractivity contribution in [1.82, 2.24) is 4.31 Å². The number of nitrogens with zero attached hydrogens (tertiary/aromatic N) is 1. The van der Waals surface area contributed by atoms with Gasteiger partial charge in [-0.2, -0.15) is 4.31 Å². The van der Waals surface area contributed by atoms with E-state index >= 15 is 0 Å². The molecule has 21 heavy (non-hydrogen) atoms. The molecule has 0 saturated carbocycles. The highest BCUT2D eigenvalue weighted by molar-refractivity contribution is 7.89. The van der Waals surface area contributed by atoms with Crippen LogP contribution in [-0.2, 0) is 10.0 Å². The van der Waals surface area contributed by atoms with Crippen molar-refractivity contribution in [2.75, 3.05) is 25.6 Å². The highest BCUT2D eigenvalue weighted by Crippen LogP contribution is 2.27. The van der Waals surface area contributed by atoms with Crippen LogP contribution in [0.3, 0.4) is 0 Å². The molecule has 1 aromatic carbocycles. The summed E-state index contributed by atoms with van der Waals surface area (Å²) in [6.07, 6.45) is 1.08. The highest BCUT2D eigenvalue weighted by Gasteiger charge is 2.31.